The first-order valence-corrected chi connectivity index (χ1v) is 17.5. The summed E-state index contributed by atoms with van der Waals surface area (Å²) in [6, 6.07) is 21.8. The number of hydrogen-bond donors (Lipinski definition) is 5. The topological polar surface area (TPSA) is 158 Å². The number of rotatable bonds is 16. The monoisotopic (exact) mass is 698 g/mol. The first-order valence-electron chi connectivity index (χ1n) is 17.5. The predicted octanol–water partition coefficient (Wildman–Crippen LogP) is 3.14. The van der Waals surface area contributed by atoms with Crippen LogP contribution < -0.4 is 31.5 Å². The van der Waals surface area contributed by atoms with E-state index in [0.29, 0.717) is 25.3 Å². The van der Waals surface area contributed by atoms with E-state index in [2.05, 4.69) is 26.6 Å². The molecule has 12 heteroatoms. The third-order valence-electron chi connectivity index (χ3n) is 8.71. The van der Waals surface area contributed by atoms with E-state index in [1.54, 1.807) is 19.1 Å². The molecule has 1 saturated heterocycles. The second-order valence-electron chi connectivity index (χ2n) is 13.1. The first-order chi connectivity index (χ1) is 24.5. The molecule has 1 aliphatic rings. The van der Waals surface area contributed by atoms with Crippen LogP contribution in [0.2, 0.25) is 0 Å². The van der Waals surface area contributed by atoms with Crippen LogP contribution in [-0.2, 0) is 25.5 Å². The van der Waals surface area contributed by atoms with Gasteiger partial charge in [0.1, 0.15) is 12.6 Å². The number of benzene rings is 3. The lowest BCUT2D eigenvalue weighted by Gasteiger charge is -2.28. The molecule has 12 nitrogen and oxygen atoms in total. The molecule has 272 valence electrons. The van der Waals surface area contributed by atoms with Gasteiger partial charge in [0.05, 0.1) is 18.7 Å². The molecular formula is C39H50N6O6. The number of hydrogen-bond acceptors (Lipinski definition) is 7. The van der Waals surface area contributed by atoms with Crippen LogP contribution in [-0.4, -0.2) is 80.5 Å². The molecule has 0 spiro atoms. The van der Waals surface area contributed by atoms with Crippen molar-refractivity contribution in [2.75, 3.05) is 37.7 Å². The number of ether oxygens (including phenoxy) is 1. The van der Waals surface area contributed by atoms with Crippen LogP contribution in [0.25, 0.3) is 0 Å². The number of nitrogens with one attached hydrogen (secondary N) is 5. The Morgan fingerprint density at radius 3 is 2.04 bits per heavy atom. The van der Waals surface area contributed by atoms with Crippen molar-refractivity contribution in [2.45, 2.75) is 65.2 Å². The van der Waals surface area contributed by atoms with Crippen molar-refractivity contribution in [3.63, 3.8) is 0 Å². The quantitative estimate of drug-likeness (QED) is 0.154. The van der Waals surface area contributed by atoms with E-state index in [-0.39, 0.29) is 60.5 Å². The molecule has 0 bridgehead atoms. The molecule has 51 heavy (non-hydrogen) atoms. The third-order valence-corrected chi connectivity index (χ3v) is 8.71. The summed E-state index contributed by atoms with van der Waals surface area (Å²) in [5, 5.41) is 14.9. The SMILES string of the molecule is CCNC(=O)[C@@H](NC(=O)[C@H](C)NC[C@H](Cc1ccccc1)NC(=O)c1cc(C(=O)N[C@H](C)c2ccccc2)cc(N2CCOCC2=O)c1)C(C)C. The van der Waals surface area contributed by atoms with Gasteiger partial charge in [-0.05, 0) is 62.4 Å². The van der Waals surface area contributed by atoms with E-state index < -0.39 is 29.9 Å². The Kier molecular flexibility index (Phi) is 14.3. The van der Waals surface area contributed by atoms with Crippen molar-refractivity contribution >= 4 is 35.2 Å². The Bertz CT molecular complexity index is 1650. The molecule has 5 N–H and O–H groups in total. The molecule has 0 saturated carbocycles. The summed E-state index contributed by atoms with van der Waals surface area (Å²) >= 11 is 0. The minimum absolute atomic E-state index is 0.0965. The minimum atomic E-state index is -0.686. The standard InChI is InChI=1S/C39H50N6O6/c1-6-40-39(50)35(25(2)3)44-36(47)27(5)41-23-32(19-28-13-9-7-10-14-28)43-38(49)31-20-30(21-33(22-31)45-17-18-51-24-34(45)46)37(48)42-26(4)29-15-11-8-12-16-29/h7-16,20-22,25-27,32,35,41H,6,17-19,23-24H2,1-5H3,(H,40,50)(H,42,48)(H,43,49)(H,44,47)/t26-,27+,32+,35+/m1/s1. The number of amides is 5. The lowest BCUT2D eigenvalue weighted by molar-refractivity contribution is -0.130. The van der Waals surface area contributed by atoms with Crippen LogP contribution in [0.4, 0.5) is 5.69 Å². The van der Waals surface area contributed by atoms with Gasteiger partial charge in [-0.3, -0.25) is 24.0 Å². The Morgan fingerprint density at radius 1 is 0.804 bits per heavy atom. The van der Waals surface area contributed by atoms with Crippen molar-refractivity contribution in [2.24, 2.45) is 5.92 Å². The second kappa shape index (κ2) is 18.8. The average molecular weight is 699 g/mol. The van der Waals surface area contributed by atoms with Gasteiger partial charge in [0.15, 0.2) is 0 Å². The fourth-order valence-electron chi connectivity index (χ4n) is 5.78. The number of likely N-dealkylation sites (N-methyl/N-ethyl adjacent to an activating group) is 1. The zero-order chi connectivity index (χ0) is 36.9. The molecule has 4 atom stereocenters. The lowest BCUT2D eigenvalue weighted by Crippen LogP contribution is -2.55. The van der Waals surface area contributed by atoms with E-state index >= 15 is 0 Å². The number of anilines is 1. The summed E-state index contributed by atoms with van der Waals surface area (Å²) in [7, 11) is 0. The van der Waals surface area contributed by atoms with Crippen molar-refractivity contribution in [3.8, 4) is 0 Å². The maximum Gasteiger partial charge on any atom is 0.253 e. The smallest absolute Gasteiger partial charge is 0.253 e. The van der Waals surface area contributed by atoms with E-state index in [4.69, 9.17) is 4.74 Å². The van der Waals surface area contributed by atoms with Gasteiger partial charge in [-0.1, -0.05) is 74.5 Å². The van der Waals surface area contributed by atoms with Gasteiger partial charge in [-0.15, -0.1) is 0 Å². The van der Waals surface area contributed by atoms with Gasteiger partial charge >= 0.3 is 0 Å². The average Bonchev–Trinajstić information content (AvgIpc) is 3.13. The van der Waals surface area contributed by atoms with Crippen LogP contribution in [0.5, 0.6) is 0 Å². The number of nitrogens with zero attached hydrogens (tertiary/aromatic N) is 1. The second-order valence-corrected chi connectivity index (χ2v) is 13.1. The maximum absolute atomic E-state index is 14.0. The number of morpholine rings is 1. The summed E-state index contributed by atoms with van der Waals surface area (Å²) in [5.74, 6) is -1.81. The van der Waals surface area contributed by atoms with Crippen LogP contribution >= 0.6 is 0 Å². The third kappa shape index (κ3) is 11.2. The molecule has 1 aliphatic heterocycles. The van der Waals surface area contributed by atoms with Gasteiger partial charge < -0.3 is 36.2 Å². The normalized spacial score (nSPS) is 15.3. The Morgan fingerprint density at radius 2 is 1.43 bits per heavy atom. The highest BCUT2D eigenvalue weighted by atomic mass is 16.5. The van der Waals surface area contributed by atoms with E-state index in [0.717, 1.165) is 11.1 Å². The highest BCUT2D eigenvalue weighted by Gasteiger charge is 2.27. The fourth-order valence-corrected chi connectivity index (χ4v) is 5.78. The molecule has 5 amide bonds. The van der Waals surface area contributed by atoms with Gasteiger partial charge in [0.25, 0.3) is 17.7 Å². The summed E-state index contributed by atoms with van der Waals surface area (Å²) in [4.78, 5) is 67.6. The predicted molar refractivity (Wildman–Crippen MR) is 196 cm³/mol. The summed E-state index contributed by atoms with van der Waals surface area (Å²) < 4.78 is 5.31. The van der Waals surface area contributed by atoms with Crippen molar-refractivity contribution in [3.05, 3.63) is 101 Å². The molecule has 3 aromatic carbocycles. The fraction of sp³-hybridized carbons (Fsp3) is 0.410. The Labute approximate surface area is 300 Å². The van der Waals surface area contributed by atoms with Crippen molar-refractivity contribution < 1.29 is 28.7 Å². The molecule has 0 aliphatic carbocycles. The molecule has 1 fully saturated rings. The zero-order valence-corrected chi connectivity index (χ0v) is 30.0. The van der Waals surface area contributed by atoms with Gasteiger partial charge in [0, 0.05) is 42.5 Å². The number of carbonyl (C=O) groups is 5. The van der Waals surface area contributed by atoms with Crippen LogP contribution in [0, 0.1) is 5.92 Å². The van der Waals surface area contributed by atoms with Crippen LogP contribution in [0.3, 0.4) is 0 Å². The molecule has 0 radical (unpaired) electrons. The minimum Gasteiger partial charge on any atom is -0.370 e. The zero-order valence-electron chi connectivity index (χ0n) is 30.0. The van der Waals surface area contributed by atoms with Gasteiger partial charge in [-0.2, -0.15) is 0 Å². The summed E-state index contributed by atoms with van der Waals surface area (Å²) in [5.41, 5.74) is 2.75. The van der Waals surface area contributed by atoms with Gasteiger partial charge in [0.2, 0.25) is 11.8 Å². The van der Waals surface area contributed by atoms with E-state index in [9.17, 15) is 24.0 Å². The highest BCUT2D eigenvalue weighted by Crippen LogP contribution is 2.23. The lowest BCUT2D eigenvalue weighted by atomic mass is 10.0. The summed E-state index contributed by atoms with van der Waals surface area (Å²) in [6.07, 6.45) is 0.449. The molecule has 0 aromatic heterocycles. The van der Waals surface area contributed by atoms with Crippen LogP contribution in [0.15, 0.2) is 78.9 Å². The Balaban J connectivity index is 1.56. The van der Waals surface area contributed by atoms with E-state index in [1.165, 1.54) is 11.0 Å². The molecule has 3 aromatic rings. The van der Waals surface area contributed by atoms with Crippen molar-refractivity contribution in [1.29, 1.82) is 0 Å². The van der Waals surface area contributed by atoms with Crippen LogP contribution in [0.1, 0.15) is 72.5 Å². The van der Waals surface area contributed by atoms with Gasteiger partial charge in [-0.25, -0.2) is 0 Å². The molecule has 4 rings (SSSR count). The van der Waals surface area contributed by atoms with Crippen molar-refractivity contribution in [1.82, 2.24) is 26.6 Å². The Hall–Kier alpha value is -5.07. The molecule has 1 heterocycles. The number of carbonyl (C=O) groups excluding carboxylic acids is 5. The maximum atomic E-state index is 14.0. The first kappa shape index (κ1) is 38.7. The highest BCUT2D eigenvalue weighted by molar-refractivity contribution is 6.03. The molecular weight excluding hydrogens is 648 g/mol. The molecule has 0 unspecified atom stereocenters. The largest absolute Gasteiger partial charge is 0.370 e. The van der Waals surface area contributed by atoms with E-state index in [1.807, 2.05) is 88.4 Å². The summed E-state index contributed by atoms with van der Waals surface area (Å²) in [6.45, 7) is 10.3.